The van der Waals surface area contributed by atoms with Crippen LogP contribution in [0.15, 0.2) is 12.2 Å². The molecule has 1 N–H and O–H groups in total. The predicted molar refractivity (Wildman–Crippen MR) is 107 cm³/mol. The fourth-order valence-corrected chi connectivity index (χ4v) is 5.75. The number of carbonyl (C=O) groups is 1. The number of allylic oxidation sites excluding steroid dienone is 1. The molecule has 6 atom stereocenters. The quantitative estimate of drug-likeness (QED) is 0.506. The molecule has 0 aromatic rings. The van der Waals surface area contributed by atoms with Crippen molar-refractivity contribution in [1.82, 2.24) is 5.32 Å². The Bertz CT molecular complexity index is 528. The van der Waals surface area contributed by atoms with Gasteiger partial charge in [0.1, 0.15) is 6.10 Å². The lowest BCUT2D eigenvalue weighted by Crippen LogP contribution is -2.45. The summed E-state index contributed by atoms with van der Waals surface area (Å²) >= 11 is 0. The minimum atomic E-state index is 0.0341. The van der Waals surface area contributed by atoms with Gasteiger partial charge in [-0.2, -0.15) is 0 Å². The van der Waals surface area contributed by atoms with Crippen LogP contribution >= 0.6 is 0 Å². The second kappa shape index (κ2) is 8.04. The first kappa shape index (κ1) is 19.9. The van der Waals surface area contributed by atoms with Crippen molar-refractivity contribution in [2.45, 2.75) is 91.2 Å². The Morgan fingerprint density at radius 3 is 2.81 bits per heavy atom. The maximum atomic E-state index is 12.6. The van der Waals surface area contributed by atoms with Gasteiger partial charge in [0.25, 0.3) is 0 Å². The van der Waals surface area contributed by atoms with Gasteiger partial charge in [-0.15, -0.1) is 0 Å². The first-order chi connectivity index (χ1) is 12.3. The standard InChI is InChI=1S/C23H39NO2/c1-15(2)8-6-10-17(4)24-14-19-18-12-20-16(3)9-7-11-23(20,5)13-21(18)26-22(19)25/h15,17-21,24H,3,6-14H2,1-2,4-5H3/t17-,18-,19+,20+,21+,23+/m1/s1. The minimum Gasteiger partial charge on any atom is -0.462 e. The molecular formula is C23H39NO2. The smallest absolute Gasteiger partial charge is 0.310 e. The Balaban J connectivity index is 1.56. The molecule has 3 nitrogen and oxygen atoms in total. The highest BCUT2D eigenvalue weighted by molar-refractivity contribution is 5.75. The van der Waals surface area contributed by atoms with E-state index in [0.717, 1.165) is 25.3 Å². The third-order valence-electron chi connectivity index (χ3n) is 7.42. The van der Waals surface area contributed by atoms with Crippen LogP contribution in [0.2, 0.25) is 0 Å². The number of hydrogen-bond donors (Lipinski definition) is 1. The van der Waals surface area contributed by atoms with Crippen LogP contribution < -0.4 is 5.32 Å². The number of carbonyl (C=O) groups excluding carboxylic acids is 1. The summed E-state index contributed by atoms with van der Waals surface area (Å²) in [5.41, 5.74) is 1.72. The zero-order valence-corrected chi connectivity index (χ0v) is 17.4. The van der Waals surface area contributed by atoms with E-state index in [1.54, 1.807) is 0 Å². The molecule has 3 heteroatoms. The van der Waals surface area contributed by atoms with E-state index in [4.69, 9.17) is 4.74 Å². The molecule has 0 amide bonds. The van der Waals surface area contributed by atoms with E-state index in [-0.39, 0.29) is 18.0 Å². The van der Waals surface area contributed by atoms with Crippen LogP contribution in [0, 0.1) is 29.1 Å². The third kappa shape index (κ3) is 4.18. The summed E-state index contributed by atoms with van der Waals surface area (Å²) in [6.45, 7) is 14.4. The molecular weight excluding hydrogens is 322 g/mol. The number of rotatable bonds is 7. The highest BCUT2D eigenvalue weighted by Gasteiger charge is 2.54. The Morgan fingerprint density at radius 2 is 2.08 bits per heavy atom. The summed E-state index contributed by atoms with van der Waals surface area (Å²) in [5.74, 6) is 1.80. The van der Waals surface area contributed by atoms with Crippen LogP contribution in [0.4, 0.5) is 0 Å². The van der Waals surface area contributed by atoms with Gasteiger partial charge in [-0.3, -0.25) is 4.79 Å². The largest absolute Gasteiger partial charge is 0.462 e. The van der Waals surface area contributed by atoms with Crippen molar-refractivity contribution >= 4 is 5.97 Å². The molecule has 0 unspecified atom stereocenters. The van der Waals surface area contributed by atoms with Crippen LogP contribution in [0.1, 0.15) is 79.1 Å². The van der Waals surface area contributed by atoms with Gasteiger partial charge in [-0.25, -0.2) is 0 Å². The molecule has 3 aliphatic rings. The monoisotopic (exact) mass is 361 g/mol. The molecule has 3 fully saturated rings. The molecule has 0 bridgehead atoms. The van der Waals surface area contributed by atoms with E-state index in [0.29, 0.717) is 23.3 Å². The number of esters is 1. The van der Waals surface area contributed by atoms with Crippen molar-refractivity contribution in [2.24, 2.45) is 29.1 Å². The summed E-state index contributed by atoms with van der Waals surface area (Å²) in [6, 6.07) is 0.471. The van der Waals surface area contributed by atoms with E-state index in [9.17, 15) is 4.79 Å². The first-order valence-corrected chi connectivity index (χ1v) is 10.9. The summed E-state index contributed by atoms with van der Waals surface area (Å²) in [4.78, 5) is 12.6. The average molecular weight is 362 g/mol. The zero-order valence-electron chi connectivity index (χ0n) is 17.4. The maximum Gasteiger partial charge on any atom is 0.310 e. The topological polar surface area (TPSA) is 38.3 Å². The van der Waals surface area contributed by atoms with Crippen molar-refractivity contribution in [3.63, 3.8) is 0 Å². The highest BCUT2D eigenvalue weighted by Crippen LogP contribution is 2.56. The molecule has 2 aliphatic carbocycles. The summed E-state index contributed by atoms with van der Waals surface area (Å²) in [6.07, 6.45) is 9.67. The second-order valence-corrected chi connectivity index (χ2v) is 10.0. The SMILES string of the molecule is C=C1CCC[C@@]2(C)C[C@@H]3OC(=O)[C@@H](CN[C@H](C)CCCC(C)C)[C@H]3C[C@@H]12. The van der Waals surface area contributed by atoms with Gasteiger partial charge in [0.05, 0.1) is 5.92 Å². The second-order valence-electron chi connectivity index (χ2n) is 10.0. The molecule has 1 saturated heterocycles. The highest BCUT2D eigenvalue weighted by atomic mass is 16.6. The summed E-state index contributed by atoms with van der Waals surface area (Å²) in [7, 11) is 0. The molecule has 2 saturated carbocycles. The molecule has 0 aromatic carbocycles. The molecule has 0 spiro atoms. The molecule has 148 valence electrons. The van der Waals surface area contributed by atoms with E-state index >= 15 is 0 Å². The lowest BCUT2D eigenvalue weighted by molar-refractivity contribution is -0.146. The first-order valence-electron chi connectivity index (χ1n) is 10.9. The van der Waals surface area contributed by atoms with Crippen LogP contribution in [-0.4, -0.2) is 24.7 Å². The minimum absolute atomic E-state index is 0.0341. The lowest BCUT2D eigenvalue weighted by Gasteiger charge is -2.50. The molecule has 0 aromatic heterocycles. The third-order valence-corrected chi connectivity index (χ3v) is 7.42. The number of ether oxygens (including phenoxy) is 1. The van der Waals surface area contributed by atoms with Crippen LogP contribution in [0.25, 0.3) is 0 Å². The van der Waals surface area contributed by atoms with Gasteiger partial charge >= 0.3 is 5.97 Å². The van der Waals surface area contributed by atoms with Gasteiger partial charge in [-0.05, 0) is 62.7 Å². The van der Waals surface area contributed by atoms with Crippen LogP contribution in [-0.2, 0) is 9.53 Å². The van der Waals surface area contributed by atoms with Gasteiger partial charge in [0, 0.05) is 18.5 Å². The predicted octanol–water partition coefficient (Wildman–Crippen LogP) is 5.11. The average Bonchev–Trinajstić information content (AvgIpc) is 2.84. The lowest BCUT2D eigenvalue weighted by atomic mass is 9.55. The maximum absolute atomic E-state index is 12.6. The van der Waals surface area contributed by atoms with E-state index in [1.165, 1.54) is 44.1 Å². The fraction of sp³-hybridized carbons (Fsp3) is 0.870. The van der Waals surface area contributed by atoms with Gasteiger partial charge in [0.15, 0.2) is 0 Å². The van der Waals surface area contributed by atoms with Crippen molar-refractivity contribution in [3.8, 4) is 0 Å². The van der Waals surface area contributed by atoms with Crippen molar-refractivity contribution in [3.05, 3.63) is 12.2 Å². The summed E-state index contributed by atoms with van der Waals surface area (Å²) < 4.78 is 5.86. The molecule has 0 radical (unpaired) electrons. The Hall–Kier alpha value is -0.830. The van der Waals surface area contributed by atoms with Gasteiger partial charge < -0.3 is 10.1 Å². The van der Waals surface area contributed by atoms with E-state index < -0.39 is 0 Å². The van der Waals surface area contributed by atoms with E-state index in [1.807, 2.05) is 0 Å². The number of nitrogens with one attached hydrogen (secondary N) is 1. The van der Waals surface area contributed by atoms with E-state index in [2.05, 4.69) is 39.6 Å². The zero-order chi connectivity index (χ0) is 18.9. The number of hydrogen-bond acceptors (Lipinski definition) is 3. The van der Waals surface area contributed by atoms with Crippen molar-refractivity contribution in [1.29, 1.82) is 0 Å². The van der Waals surface area contributed by atoms with Gasteiger partial charge in [-0.1, -0.05) is 45.8 Å². The molecule has 1 heterocycles. The fourth-order valence-electron chi connectivity index (χ4n) is 5.75. The Morgan fingerprint density at radius 1 is 1.31 bits per heavy atom. The van der Waals surface area contributed by atoms with Gasteiger partial charge in [0.2, 0.25) is 0 Å². The molecule has 26 heavy (non-hydrogen) atoms. The number of fused-ring (bicyclic) bond motifs is 2. The molecule has 1 aliphatic heterocycles. The van der Waals surface area contributed by atoms with Crippen LogP contribution in [0.5, 0.6) is 0 Å². The van der Waals surface area contributed by atoms with Crippen molar-refractivity contribution < 1.29 is 9.53 Å². The Kier molecular flexibility index (Phi) is 6.16. The Labute approximate surface area is 160 Å². The molecule has 3 rings (SSSR count). The van der Waals surface area contributed by atoms with Crippen LogP contribution in [0.3, 0.4) is 0 Å². The van der Waals surface area contributed by atoms with Crippen molar-refractivity contribution in [2.75, 3.05) is 6.54 Å². The summed E-state index contributed by atoms with van der Waals surface area (Å²) in [5, 5.41) is 3.63. The normalized spacial score (nSPS) is 38.0.